The number of fused-ring (bicyclic) bond motifs is 3. The van der Waals surface area contributed by atoms with Gasteiger partial charge < -0.3 is 9.47 Å². The molecule has 1 saturated carbocycles. The summed E-state index contributed by atoms with van der Waals surface area (Å²) in [6.45, 7) is 1.22. The topological polar surface area (TPSA) is 35.5 Å². The molecule has 0 amide bonds. The van der Waals surface area contributed by atoms with Crippen LogP contribution in [0.3, 0.4) is 0 Å². The highest BCUT2D eigenvalue weighted by atomic mass is 16.7. The molecule has 0 unspecified atom stereocenters. The molecular weight excluding hydrogens is 228 g/mol. The number of rotatable bonds is 0. The number of benzene rings is 1. The van der Waals surface area contributed by atoms with Gasteiger partial charge in [0.1, 0.15) is 11.2 Å². The minimum Gasteiger partial charge on any atom is -0.346 e. The first kappa shape index (κ1) is 10.7. The number of ketones is 1. The molecule has 2 spiro atoms. The van der Waals surface area contributed by atoms with Crippen molar-refractivity contribution in [2.24, 2.45) is 0 Å². The molecule has 1 aromatic rings. The lowest BCUT2D eigenvalue weighted by Gasteiger charge is -2.38. The summed E-state index contributed by atoms with van der Waals surface area (Å²) >= 11 is 0. The molecule has 3 nitrogen and oxygen atoms in total. The number of Topliss-reactive ketones (excluding diaryl/α,β-unsaturated/α-hetero) is 1. The Hall–Kier alpha value is -1.19. The Morgan fingerprint density at radius 1 is 1.00 bits per heavy atom. The predicted molar refractivity (Wildman–Crippen MR) is 65.3 cm³/mol. The van der Waals surface area contributed by atoms with Crippen LogP contribution in [0, 0.1) is 0 Å². The standard InChI is InChI=1S/C15H16O3/c16-13-6-8-15(17-9-10-18-15)14(13)7-5-11-3-1-2-4-12(11)14/h1-4H,5-10H2/t14-/m1/s1. The van der Waals surface area contributed by atoms with E-state index in [1.807, 2.05) is 12.1 Å². The largest absolute Gasteiger partial charge is 0.346 e. The summed E-state index contributed by atoms with van der Waals surface area (Å²) in [7, 11) is 0. The Labute approximate surface area is 106 Å². The van der Waals surface area contributed by atoms with Gasteiger partial charge in [0.05, 0.1) is 13.2 Å². The van der Waals surface area contributed by atoms with Crippen LogP contribution in [0.25, 0.3) is 0 Å². The number of hydrogen-bond acceptors (Lipinski definition) is 3. The molecule has 1 aliphatic heterocycles. The minimum atomic E-state index is -0.670. The van der Waals surface area contributed by atoms with E-state index < -0.39 is 11.2 Å². The van der Waals surface area contributed by atoms with Crippen LogP contribution in [0.5, 0.6) is 0 Å². The number of ether oxygens (including phenoxy) is 2. The highest BCUT2D eigenvalue weighted by Crippen LogP contribution is 2.56. The normalized spacial score (nSPS) is 32.6. The molecule has 94 valence electrons. The maximum Gasteiger partial charge on any atom is 0.185 e. The first-order chi connectivity index (χ1) is 8.79. The zero-order valence-corrected chi connectivity index (χ0v) is 10.3. The summed E-state index contributed by atoms with van der Waals surface area (Å²) in [6.07, 6.45) is 3.08. The molecule has 1 heterocycles. The van der Waals surface area contributed by atoms with Crippen molar-refractivity contribution in [3.8, 4) is 0 Å². The molecule has 4 rings (SSSR count). The van der Waals surface area contributed by atoms with Crippen molar-refractivity contribution in [3.63, 3.8) is 0 Å². The van der Waals surface area contributed by atoms with Crippen LogP contribution in [-0.4, -0.2) is 24.8 Å². The molecule has 1 aromatic carbocycles. The van der Waals surface area contributed by atoms with Crippen LogP contribution in [0.1, 0.15) is 30.4 Å². The minimum absolute atomic E-state index is 0.300. The SMILES string of the molecule is O=C1CCC2(OCCO2)[C@@]12CCc1ccccc12. The quantitative estimate of drug-likeness (QED) is 0.700. The molecular formula is C15H16O3. The van der Waals surface area contributed by atoms with Crippen molar-refractivity contribution in [1.29, 1.82) is 0 Å². The van der Waals surface area contributed by atoms with E-state index in [0.717, 1.165) is 18.4 Å². The summed E-state index contributed by atoms with van der Waals surface area (Å²) < 4.78 is 11.8. The third-order valence-electron chi connectivity index (χ3n) is 4.81. The van der Waals surface area contributed by atoms with Crippen molar-refractivity contribution in [2.75, 3.05) is 13.2 Å². The molecule has 3 aliphatic rings. The van der Waals surface area contributed by atoms with Gasteiger partial charge >= 0.3 is 0 Å². The highest BCUT2D eigenvalue weighted by molar-refractivity contribution is 5.95. The number of hydrogen-bond donors (Lipinski definition) is 0. The summed E-state index contributed by atoms with van der Waals surface area (Å²) in [6, 6.07) is 8.26. The van der Waals surface area contributed by atoms with E-state index in [2.05, 4.69) is 12.1 Å². The van der Waals surface area contributed by atoms with Crippen molar-refractivity contribution in [2.45, 2.75) is 36.9 Å². The van der Waals surface area contributed by atoms with Gasteiger partial charge in [-0.25, -0.2) is 0 Å². The van der Waals surface area contributed by atoms with E-state index in [0.29, 0.717) is 31.8 Å². The highest BCUT2D eigenvalue weighted by Gasteiger charge is 2.66. The van der Waals surface area contributed by atoms with Gasteiger partial charge in [-0.2, -0.15) is 0 Å². The Bertz CT molecular complexity index is 516. The molecule has 2 fully saturated rings. The number of aryl methyl sites for hydroxylation is 1. The van der Waals surface area contributed by atoms with Gasteiger partial charge in [0.25, 0.3) is 0 Å². The fraction of sp³-hybridized carbons (Fsp3) is 0.533. The van der Waals surface area contributed by atoms with E-state index in [9.17, 15) is 4.79 Å². The van der Waals surface area contributed by atoms with E-state index in [1.54, 1.807) is 0 Å². The van der Waals surface area contributed by atoms with Crippen molar-refractivity contribution in [1.82, 2.24) is 0 Å². The lowest BCUT2D eigenvalue weighted by atomic mass is 9.75. The number of carbonyl (C=O) groups excluding carboxylic acids is 1. The second kappa shape index (κ2) is 3.43. The smallest absolute Gasteiger partial charge is 0.185 e. The maximum absolute atomic E-state index is 12.6. The zero-order chi connectivity index (χ0) is 12.2. The van der Waals surface area contributed by atoms with Crippen LogP contribution < -0.4 is 0 Å². The van der Waals surface area contributed by atoms with Crippen LogP contribution in [0.4, 0.5) is 0 Å². The molecule has 3 heteroatoms. The molecule has 18 heavy (non-hydrogen) atoms. The fourth-order valence-corrected chi connectivity index (χ4v) is 4.06. The van der Waals surface area contributed by atoms with E-state index in [-0.39, 0.29) is 0 Å². The van der Waals surface area contributed by atoms with Gasteiger partial charge in [-0.1, -0.05) is 24.3 Å². The monoisotopic (exact) mass is 244 g/mol. The average Bonchev–Trinajstić information content (AvgIpc) is 3.08. The third kappa shape index (κ3) is 1.05. The molecule has 0 N–H and O–H groups in total. The second-order valence-corrected chi connectivity index (χ2v) is 5.44. The van der Waals surface area contributed by atoms with Crippen LogP contribution in [0.15, 0.2) is 24.3 Å². The van der Waals surface area contributed by atoms with Gasteiger partial charge in [-0.15, -0.1) is 0 Å². The molecule has 0 bridgehead atoms. The van der Waals surface area contributed by atoms with Crippen LogP contribution in [0.2, 0.25) is 0 Å². The Morgan fingerprint density at radius 2 is 1.78 bits per heavy atom. The summed E-state index contributed by atoms with van der Waals surface area (Å²) in [5.74, 6) is -0.370. The van der Waals surface area contributed by atoms with E-state index in [4.69, 9.17) is 9.47 Å². The number of carbonyl (C=O) groups is 1. The summed E-state index contributed by atoms with van der Waals surface area (Å²) in [5.41, 5.74) is 1.90. The van der Waals surface area contributed by atoms with E-state index >= 15 is 0 Å². The van der Waals surface area contributed by atoms with Crippen LogP contribution >= 0.6 is 0 Å². The van der Waals surface area contributed by atoms with Crippen molar-refractivity contribution in [3.05, 3.63) is 35.4 Å². The first-order valence-corrected chi connectivity index (χ1v) is 6.68. The van der Waals surface area contributed by atoms with Crippen molar-refractivity contribution < 1.29 is 14.3 Å². The summed E-state index contributed by atoms with van der Waals surface area (Å²) in [4.78, 5) is 12.6. The Kier molecular flexibility index (Phi) is 2.04. The molecule has 0 radical (unpaired) electrons. The lowest BCUT2D eigenvalue weighted by molar-refractivity contribution is -0.194. The van der Waals surface area contributed by atoms with Gasteiger partial charge in [0, 0.05) is 12.8 Å². The first-order valence-electron chi connectivity index (χ1n) is 6.68. The second-order valence-electron chi connectivity index (χ2n) is 5.44. The predicted octanol–water partition coefficient (Wildman–Crippen LogP) is 1.98. The molecule has 0 aromatic heterocycles. The zero-order valence-electron chi connectivity index (χ0n) is 10.3. The average molecular weight is 244 g/mol. The van der Waals surface area contributed by atoms with Crippen LogP contribution in [-0.2, 0) is 26.1 Å². The third-order valence-corrected chi connectivity index (χ3v) is 4.81. The maximum atomic E-state index is 12.6. The Balaban J connectivity index is 1.94. The van der Waals surface area contributed by atoms with Gasteiger partial charge in [-0.3, -0.25) is 4.79 Å². The fourth-order valence-electron chi connectivity index (χ4n) is 4.06. The van der Waals surface area contributed by atoms with Gasteiger partial charge in [-0.05, 0) is 24.0 Å². The Morgan fingerprint density at radius 3 is 2.61 bits per heavy atom. The molecule has 1 atom stereocenters. The van der Waals surface area contributed by atoms with Crippen molar-refractivity contribution >= 4 is 5.78 Å². The van der Waals surface area contributed by atoms with Gasteiger partial charge in [0.2, 0.25) is 0 Å². The van der Waals surface area contributed by atoms with Gasteiger partial charge in [0.15, 0.2) is 5.79 Å². The van der Waals surface area contributed by atoms with E-state index in [1.165, 1.54) is 5.56 Å². The lowest BCUT2D eigenvalue weighted by Crippen LogP contribution is -2.50. The molecule has 1 saturated heterocycles. The summed E-state index contributed by atoms with van der Waals surface area (Å²) in [5, 5.41) is 0. The molecule has 2 aliphatic carbocycles.